The zero-order chi connectivity index (χ0) is 21.4. The topological polar surface area (TPSA) is 110 Å². The van der Waals surface area contributed by atoms with Gasteiger partial charge >= 0.3 is 0 Å². The van der Waals surface area contributed by atoms with Gasteiger partial charge in [0.2, 0.25) is 15.9 Å². The van der Waals surface area contributed by atoms with E-state index in [9.17, 15) is 27.7 Å². The average molecular weight is 423 g/mol. The van der Waals surface area contributed by atoms with Crippen LogP contribution < -0.4 is 9.62 Å². The van der Waals surface area contributed by atoms with Crippen molar-refractivity contribution >= 4 is 27.3 Å². The SMILES string of the molecule is CS(=O)(=O)N(CCCC(=O)NCCc1ccc(F)cc1)c1cccc([N+](=O)[O-])c1. The zero-order valence-electron chi connectivity index (χ0n) is 15.9. The van der Waals surface area contributed by atoms with Gasteiger partial charge in [-0.05, 0) is 36.6 Å². The number of nitrogens with zero attached hydrogens (tertiary/aromatic N) is 2. The highest BCUT2D eigenvalue weighted by Crippen LogP contribution is 2.23. The third kappa shape index (κ3) is 7.15. The fourth-order valence-corrected chi connectivity index (χ4v) is 3.67. The lowest BCUT2D eigenvalue weighted by Gasteiger charge is -2.22. The van der Waals surface area contributed by atoms with E-state index < -0.39 is 14.9 Å². The van der Waals surface area contributed by atoms with Crippen LogP contribution in [0.4, 0.5) is 15.8 Å². The maximum atomic E-state index is 12.9. The minimum absolute atomic E-state index is 0.0192. The number of amides is 1. The van der Waals surface area contributed by atoms with Crippen molar-refractivity contribution in [3.05, 3.63) is 70.0 Å². The number of anilines is 1. The Morgan fingerprint density at radius 1 is 1.21 bits per heavy atom. The van der Waals surface area contributed by atoms with Gasteiger partial charge in [-0.2, -0.15) is 0 Å². The molecule has 0 atom stereocenters. The summed E-state index contributed by atoms with van der Waals surface area (Å²) in [5, 5.41) is 13.6. The summed E-state index contributed by atoms with van der Waals surface area (Å²) in [5.74, 6) is -0.559. The van der Waals surface area contributed by atoms with Crippen molar-refractivity contribution in [3.8, 4) is 0 Å². The van der Waals surface area contributed by atoms with Crippen molar-refractivity contribution in [2.24, 2.45) is 0 Å². The molecule has 0 heterocycles. The van der Waals surface area contributed by atoms with Gasteiger partial charge < -0.3 is 5.32 Å². The van der Waals surface area contributed by atoms with Crippen LogP contribution in [0, 0.1) is 15.9 Å². The highest BCUT2D eigenvalue weighted by molar-refractivity contribution is 7.92. The molecule has 0 bridgehead atoms. The normalized spacial score (nSPS) is 11.1. The number of rotatable bonds is 10. The summed E-state index contributed by atoms with van der Waals surface area (Å²) in [7, 11) is -3.67. The third-order valence-electron chi connectivity index (χ3n) is 4.14. The first kappa shape index (κ1) is 22.3. The predicted molar refractivity (Wildman–Crippen MR) is 108 cm³/mol. The molecule has 0 saturated carbocycles. The maximum Gasteiger partial charge on any atom is 0.271 e. The average Bonchev–Trinajstić information content (AvgIpc) is 2.66. The Morgan fingerprint density at radius 3 is 2.52 bits per heavy atom. The second-order valence-electron chi connectivity index (χ2n) is 6.44. The number of halogens is 1. The number of hydrogen-bond donors (Lipinski definition) is 1. The fourth-order valence-electron chi connectivity index (χ4n) is 2.72. The van der Waals surface area contributed by atoms with Gasteiger partial charge in [-0.25, -0.2) is 12.8 Å². The molecule has 0 spiro atoms. The van der Waals surface area contributed by atoms with Crippen molar-refractivity contribution in [2.45, 2.75) is 19.3 Å². The third-order valence-corrected chi connectivity index (χ3v) is 5.34. The van der Waals surface area contributed by atoms with Crippen LogP contribution in [0.2, 0.25) is 0 Å². The van der Waals surface area contributed by atoms with E-state index in [0.29, 0.717) is 13.0 Å². The Balaban J connectivity index is 1.86. The molecule has 2 aromatic rings. The first-order chi connectivity index (χ1) is 13.7. The van der Waals surface area contributed by atoms with Crippen molar-refractivity contribution < 1.29 is 22.5 Å². The van der Waals surface area contributed by atoms with E-state index >= 15 is 0 Å². The largest absolute Gasteiger partial charge is 0.356 e. The van der Waals surface area contributed by atoms with E-state index in [2.05, 4.69) is 5.32 Å². The van der Waals surface area contributed by atoms with Crippen LogP contribution in [-0.4, -0.2) is 38.6 Å². The number of nitro groups is 1. The Morgan fingerprint density at radius 2 is 1.90 bits per heavy atom. The van der Waals surface area contributed by atoms with Crippen molar-refractivity contribution in [2.75, 3.05) is 23.7 Å². The van der Waals surface area contributed by atoms with Gasteiger partial charge in [-0.15, -0.1) is 0 Å². The predicted octanol–water partition coefficient (Wildman–Crippen LogP) is 2.64. The first-order valence-electron chi connectivity index (χ1n) is 8.90. The van der Waals surface area contributed by atoms with Crippen molar-refractivity contribution in [1.29, 1.82) is 0 Å². The monoisotopic (exact) mass is 423 g/mol. The molecule has 0 aliphatic heterocycles. The van der Waals surface area contributed by atoms with Crippen molar-refractivity contribution in [1.82, 2.24) is 5.32 Å². The molecule has 0 radical (unpaired) electrons. The molecule has 0 aromatic heterocycles. The van der Waals surface area contributed by atoms with E-state index in [4.69, 9.17) is 0 Å². The summed E-state index contributed by atoms with van der Waals surface area (Å²) >= 11 is 0. The summed E-state index contributed by atoms with van der Waals surface area (Å²) in [6, 6.07) is 11.3. The van der Waals surface area contributed by atoms with Crippen LogP contribution in [0.5, 0.6) is 0 Å². The van der Waals surface area contributed by atoms with Crippen LogP contribution in [0.25, 0.3) is 0 Å². The molecule has 0 unspecified atom stereocenters. The quantitative estimate of drug-likeness (QED) is 0.467. The summed E-state index contributed by atoms with van der Waals surface area (Å²) < 4.78 is 38.0. The maximum absolute atomic E-state index is 12.9. The molecule has 1 amide bonds. The molecule has 0 aliphatic carbocycles. The summed E-state index contributed by atoms with van der Waals surface area (Å²) in [6.07, 6.45) is 1.91. The Labute approximate surface area is 168 Å². The van der Waals surface area contributed by atoms with Gasteiger partial charge in [0, 0.05) is 31.6 Å². The number of carbonyl (C=O) groups excluding carboxylic acids is 1. The molecular formula is C19H22FN3O5S. The van der Waals surface area contributed by atoms with Gasteiger partial charge in [0.25, 0.3) is 5.69 Å². The van der Waals surface area contributed by atoms with Gasteiger partial charge in [-0.3, -0.25) is 19.2 Å². The number of nitro benzene ring substituents is 1. The summed E-state index contributed by atoms with van der Waals surface area (Å²) in [4.78, 5) is 22.3. The van der Waals surface area contributed by atoms with Crippen LogP contribution in [0.1, 0.15) is 18.4 Å². The van der Waals surface area contributed by atoms with Gasteiger partial charge in [0.15, 0.2) is 0 Å². The molecular weight excluding hydrogens is 401 g/mol. The van der Waals surface area contributed by atoms with Gasteiger partial charge in [0.1, 0.15) is 5.82 Å². The minimum atomic E-state index is -3.67. The molecule has 0 saturated heterocycles. The second-order valence-corrected chi connectivity index (χ2v) is 8.35. The van der Waals surface area contributed by atoms with E-state index in [1.54, 1.807) is 12.1 Å². The van der Waals surface area contributed by atoms with Gasteiger partial charge in [-0.1, -0.05) is 18.2 Å². The molecule has 2 aromatic carbocycles. The molecule has 8 nitrogen and oxygen atoms in total. The standard InChI is InChI=1S/C19H22FN3O5S/c1-29(27,28)22(17-4-2-5-18(14-17)23(25)26)13-3-6-19(24)21-12-11-15-7-9-16(20)10-8-15/h2,4-5,7-10,14H,3,6,11-13H2,1H3,(H,21,24). The molecule has 29 heavy (non-hydrogen) atoms. The molecule has 2 rings (SSSR count). The highest BCUT2D eigenvalue weighted by Gasteiger charge is 2.19. The Kier molecular flexibility index (Phi) is 7.66. The molecule has 156 valence electrons. The summed E-state index contributed by atoms with van der Waals surface area (Å²) in [6.45, 7) is 0.399. The van der Waals surface area contributed by atoms with E-state index in [1.165, 1.54) is 36.4 Å². The number of nitrogens with one attached hydrogen (secondary N) is 1. The van der Waals surface area contributed by atoms with Crippen LogP contribution in [0.3, 0.4) is 0 Å². The number of non-ortho nitro benzene ring substituents is 1. The molecule has 0 fully saturated rings. The number of hydrogen-bond acceptors (Lipinski definition) is 5. The number of carbonyl (C=O) groups is 1. The lowest BCUT2D eigenvalue weighted by atomic mass is 10.1. The van der Waals surface area contributed by atoms with Crippen molar-refractivity contribution in [3.63, 3.8) is 0 Å². The minimum Gasteiger partial charge on any atom is -0.356 e. The number of benzene rings is 2. The Hall–Kier alpha value is -3.01. The van der Waals surface area contributed by atoms with E-state index in [1.807, 2.05) is 0 Å². The second kappa shape index (κ2) is 9.97. The Bertz CT molecular complexity index is 964. The van der Waals surface area contributed by atoms with Crippen LogP contribution >= 0.6 is 0 Å². The van der Waals surface area contributed by atoms with Crippen LogP contribution in [0.15, 0.2) is 48.5 Å². The molecule has 0 aliphatic rings. The van der Waals surface area contributed by atoms with Crippen LogP contribution in [-0.2, 0) is 21.2 Å². The van der Waals surface area contributed by atoms with E-state index in [-0.39, 0.29) is 42.5 Å². The smallest absolute Gasteiger partial charge is 0.271 e. The zero-order valence-corrected chi connectivity index (χ0v) is 16.7. The fraction of sp³-hybridized carbons (Fsp3) is 0.316. The first-order valence-corrected chi connectivity index (χ1v) is 10.7. The number of sulfonamides is 1. The lowest BCUT2D eigenvalue weighted by Crippen LogP contribution is -2.32. The van der Waals surface area contributed by atoms with Gasteiger partial charge in [0.05, 0.1) is 16.9 Å². The van der Waals surface area contributed by atoms with E-state index in [0.717, 1.165) is 16.1 Å². The molecule has 1 N–H and O–H groups in total. The lowest BCUT2D eigenvalue weighted by molar-refractivity contribution is -0.384. The highest BCUT2D eigenvalue weighted by atomic mass is 32.2. The summed E-state index contributed by atoms with van der Waals surface area (Å²) in [5.41, 5.74) is 0.855. The molecule has 10 heteroatoms.